The molecule has 0 bridgehead atoms. The summed E-state index contributed by atoms with van der Waals surface area (Å²) >= 11 is 0. The third-order valence-corrected chi connectivity index (χ3v) is 4.39. The lowest BCUT2D eigenvalue weighted by Crippen LogP contribution is -2.27. The van der Waals surface area contributed by atoms with Crippen molar-refractivity contribution in [3.63, 3.8) is 0 Å². The van der Waals surface area contributed by atoms with E-state index in [2.05, 4.69) is 30.3 Å². The van der Waals surface area contributed by atoms with Crippen molar-refractivity contribution in [1.82, 2.24) is 9.55 Å². The minimum absolute atomic E-state index is 0.264. The van der Waals surface area contributed by atoms with Crippen LogP contribution < -0.4 is 0 Å². The lowest BCUT2D eigenvalue weighted by Gasteiger charge is -2.33. The third kappa shape index (κ3) is 3.68. The van der Waals surface area contributed by atoms with Crippen molar-refractivity contribution in [2.24, 2.45) is 11.3 Å². The van der Waals surface area contributed by atoms with Crippen LogP contribution in [0.3, 0.4) is 0 Å². The first kappa shape index (κ1) is 14.3. The first-order chi connectivity index (χ1) is 9.02. The Bertz CT molecular complexity index is 424. The first-order valence-electron chi connectivity index (χ1n) is 7.54. The van der Waals surface area contributed by atoms with Crippen LogP contribution in [0, 0.1) is 11.3 Å². The van der Waals surface area contributed by atoms with Crippen LogP contribution in [-0.4, -0.2) is 15.3 Å². The number of hydrogen-bond acceptors (Lipinski definition) is 2. The van der Waals surface area contributed by atoms with Gasteiger partial charge in [-0.05, 0) is 37.5 Å². The number of hydrogen-bond donors (Lipinski definition) is 0. The molecule has 0 spiro atoms. The largest absolute Gasteiger partial charge is 0.335 e. The highest BCUT2D eigenvalue weighted by molar-refractivity contribution is 5.82. The van der Waals surface area contributed by atoms with Gasteiger partial charge in [0.2, 0.25) is 0 Å². The molecular formula is C16H26N2O. The van der Waals surface area contributed by atoms with Crippen LogP contribution in [0.1, 0.15) is 58.7 Å². The van der Waals surface area contributed by atoms with Gasteiger partial charge in [0.15, 0.2) is 0 Å². The van der Waals surface area contributed by atoms with Crippen LogP contribution in [0.25, 0.3) is 0 Å². The fraction of sp³-hybridized carbons (Fsp3) is 0.750. The molecule has 1 fully saturated rings. The van der Waals surface area contributed by atoms with Gasteiger partial charge < -0.3 is 4.57 Å². The Morgan fingerprint density at radius 1 is 1.42 bits per heavy atom. The highest BCUT2D eigenvalue weighted by Gasteiger charge is 2.30. The molecule has 0 atom stereocenters. The van der Waals surface area contributed by atoms with Crippen molar-refractivity contribution in [2.75, 3.05) is 0 Å². The van der Waals surface area contributed by atoms with Gasteiger partial charge >= 0.3 is 0 Å². The Morgan fingerprint density at radius 2 is 2.11 bits per heavy atom. The van der Waals surface area contributed by atoms with Crippen molar-refractivity contribution in [1.29, 1.82) is 0 Å². The SMILES string of the molecule is CCCn1ccnc1CC(=O)C1CCC(C)(C)CC1. The van der Waals surface area contributed by atoms with Crippen LogP contribution in [0.4, 0.5) is 0 Å². The average molecular weight is 262 g/mol. The lowest BCUT2D eigenvalue weighted by molar-refractivity contribution is -0.123. The topological polar surface area (TPSA) is 34.9 Å². The highest BCUT2D eigenvalue weighted by atomic mass is 16.1. The molecule has 1 aromatic heterocycles. The van der Waals surface area contributed by atoms with E-state index in [1.807, 2.05) is 12.4 Å². The molecule has 106 valence electrons. The van der Waals surface area contributed by atoms with Crippen LogP contribution in [0.2, 0.25) is 0 Å². The van der Waals surface area contributed by atoms with Crippen LogP contribution >= 0.6 is 0 Å². The molecule has 1 saturated carbocycles. The molecule has 0 aromatic carbocycles. The summed E-state index contributed by atoms with van der Waals surface area (Å²) in [5, 5.41) is 0. The minimum atomic E-state index is 0.264. The van der Waals surface area contributed by atoms with Crippen molar-refractivity contribution in [3.8, 4) is 0 Å². The van der Waals surface area contributed by atoms with E-state index in [-0.39, 0.29) is 5.92 Å². The molecule has 0 saturated heterocycles. The molecule has 0 amide bonds. The second-order valence-electron chi connectivity index (χ2n) is 6.62. The molecule has 3 heteroatoms. The number of carbonyl (C=O) groups is 1. The molecular weight excluding hydrogens is 236 g/mol. The van der Waals surface area contributed by atoms with Gasteiger partial charge in [-0.25, -0.2) is 4.98 Å². The quantitative estimate of drug-likeness (QED) is 0.812. The van der Waals surface area contributed by atoms with Crippen LogP contribution in [0.5, 0.6) is 0 Å². The molecule has 3 nitrogen and oxygen atoms in total. The van der Waals surface area contributed by atoms with Crippen molar-refractivity contribution in [2.45, 2.75) is 65.8 Å². The Kier molecular flexibility index (Phi) is 4.43. The van der Waals surface area contributed by atoms with Crippen molar-refractivity contribution in [3.05, 3.63) is 18.2 Å². The van der Waals surface area contributed by atoms with Crippen LogP contribution in [-0.2, 0) is 17.8 Å². The van der Waals surface area contributed by atoms with Gasteiger partial charge in [-0.3, -0.25) is 4.79 Å². The van der Waals surface area contributed by atoms with Gasteiger partial charge in [0, 0.05) is 24.9 Å². The maximum Gasteiger partial charge on any atom is 0.143 e. The second-order valence-corrected chi connectivity index (χ2v) is 6.62. The average Bonchev–Trinajstić information content (AvgIpc) is 2.77. The molecule has 1 aliphatic carbocycles. The maximum atomic E-state index is 12.4. The minimum Gasteiger partial charge on any atom is -0.335 e. The van der Waals surface area contributed by atoms with Gasteiger partial charge in [0.1, 0.15) is 11.6 Å². The zero-order valence-corrected chi connectivity index (χ0v) is 12.5. The summed E-state index contributed by atoms with van der Waals surface area (Å²) in [4.78, 5) is 16.7. The summed E-state index contributed by atoms with van der Waals surface area (Å²) in [6.07, 6.45) is 9.84. The van der Waals surface area contributed by atoms with E-state index in [0.29, 0.717) is 17.6 Å². The van der Waals surface area contributed by atoms with E-state index in [1.54, 1.807) is 0 Å². The number of ketones is 1. The Balaban J connectivity index is 1.92. The van der Waals surface area contributed by atoms with Crippen LogP contribution in [0.15, 0.2) is 12.4 Å². The summed E-state index contributed by atoms with van der Waals surface area (Å²) < 4.78 is 2.12. The Morgan fingerprint density at radius 3 is 2.74 bits per heavy atom. The van der Waals surface area contributed by atoms with E-state index in [0.717, 1.165) is 31.6 Å². The molecule has 0 unspecified atom stereocenters. The van der Waals surface area contributed by atoms with E-state index in [4.69, 9.17) is 0 Å². The fourth-order valence-corrected chi connectivity index (χ4v) is 2.97. The third-order valence-electron chi connectivity index (χ3n) is 4.39. The van der Waals surface area contributed by atoms with Gasteiger partial charge in [-0.2, -0.15) is 0 Å². The number of carbonyl (C=O) groups excluding carboxylic acids is 1. The first-order valence-corrected chi connectivity index (χ1v) is 7.54. The normalized spacial score (nSPS) is 19.5. The van der Waals surface area contributed by atoms with E-state index in [1.165, 1.54) is 12.8 Å². The number of aryl methyl sites for hydroxylation is 1. The van der Waals surface area contributed by atoms with E-state index >= 15 is 0 Å². The van der Waals surface area contributed by atoms with Crippen molar-refractivity contribution >= 4 is 5.78 Å². The predicted octanol–water partition coefficient (Wildman–Crippen LogP) is 3.62. The number of nitrogens with zero attached hydrogens (tertiary/aromatic N) is 2. The van der Waals surface area contributed by atoms with Gasteiger partial charge in [0.25, 0.3) is 0 Å². The highest BCUT2D eigenvalue weighted by Crippen LogP contribution is 2.38. The fourth-order valence-electron chi connectivity index (χ4n) is 2.97. The lowest BCUT2D eigenvalue weighted by atomic mass is 9.72. The maximum absolute atomic E-state index is 12.4. The molecule has 1 aliphatic rings. The summed E-state index contributed by atoms with van der Waals surface area (Å²) in [7, 11) is 0. The number of aromatic nitrogens is 2. The second kappa shape index (κ2) is 5.89. The van der Waals surface area contributed by atoms with E-state index in [9.17, 15) is 4.79 Å². The van der Waals surface area contributed by atoms with Gasteiger partial charge in [0.05, 0.1) is 6.42 Å². The Labute approximate surface area is 116 Å². The molecule has 1 heterocycles. The number of rotatable bonds is 5. The standard InChI is InChI=1S/C16H26N2O/c1-4-10-18-11-9-17-15(18)12-14(19)13-5-7-16(2,3)8-6-13/h9,11,13H,4-8,10,12H2,1-3H3. The summed E-state index contributed by atoms with van der Waals surface area (Å²) in [5.74, 6) is 1.59. The predicted molar refractivity (Wildman–Crippen MR) is 77.0 cm³/mol. The Hall–Kier alpha value is -1.12. The summed E-state index contributed by atoms with van der Waals surface area (Å²) in [6.45, 7) is 7.72. The molecule has 2 rings (SSSR count). The van der Waals surface area contributed by atoms with Crippen molar-refractivity contribution < 1.29 is 4.79 Å². The summed E-state index contributed by atoms with van der Waals surface area (Å²) in [6, 6.07) is 0. The monoisotopic (exact) mass is 262 g/mol. The number of imidazole rings is 1. The van der Waals surface area contributed by atoms with E-state index < -0.39 is 0 Å². The van der Waals surface area contributed by atoms with Gasteiger partial charge in [-0.15, -0.1) is 0 Å². The molecule has 1 aromatic rings. The van der Waals surface area contributed by atoms with Gasteiger partial charge in [-0.1, -0.05) is 20.8 Å². The molecule has 0 aliphatic heterocycles. The number of Topliss-reactive ketones (excluding diaryl/α,β-unsaturated/α-hetero) is 1. The molecule has 19 heavy (non-hydrogen) atoms. The molecule has 0 N–H and O–H groups in total. The zero-order valence-electron chi connectivity index (χ0n) is 12.5. The molecule has 0 radical (unpaired) electrons. The summed E-state index contributed by atoms with van der Waals surface area (Å²) in [5.41, 5.74) is 0.428. The zero-order chi connectivity index (χ0) is 13.9. The smallest absolute Gasteiger partial charge is 0.143 e.